The standard InChI is InChI=1S/C15H18N6O/c1-10-14-13(20(3)18-10)9-21(19-14)11(2)15(22)17-8-12-4-6-16-7-5-12/h4-7,9,11H,8H2,1-3H3,(H,17,22). The number of hydrogen-bond acceptors (Lipinski definition) is 4. The predicted molar refractivity (Wildman–Crippen MR) is 82.0 cm³/mol. The van der Waals surface area contributed by atoms with E-state index in [2.05, 4.69) is 20.5 Å². The van der Waals surface area contributed by atoms with Crippen LogP contribution in [0.3, 0.4) is 0 Å². The number of nitrogens with zero attached hydrogens (tertiary/aromatic N) is 5. The van der Waals surface area contributed by atoms with Crippen molar-refractivity contribution < 1.29 is 4.79 Å². The molecule has 7 heteroatoms. The SMILES string of the molecule is Cc1nn(C)c2cn(C(C)C(=O)NCc3ccncc3)nc12. The fourth-order valence-corrected chi connectivity index (χ4v) is 2.36. The molecule has 7 nitrogen and oxygen atoms in total. The molecule has 0 aromatic carbocycles. The molecule has 1 amide bonds. The molecule has 3 aromatic rings. The van der Waals surface area contributed by atoms with Gasteiger partial charge in [-0.25, -0.2) is 0 Å². The van der Waals surface area contributed by atoms with Gasteiger partial charge in [0, 0.05) is 26.0 Å². The zero-order valence-corrected chi connectivity index (χ0v) is 12.8. The summed E-state index contributed by atoms with van der Waals surface area (Å²) in [5.41, 5.74) is 3.63. The van der Waals surface area contributed by atoms with Gasteiger partial charge in [0.05, 0.1) is 11.9 Å². The minimum Gasteiger partial charge on any atom is -0.350 e. The Labute approximate surface area is 128 Å². The van der Waals surface area contributed by atoms with Crippen molar-refractivity contribution in [3.05, 3.63) is 42.0 Å². The van der Waals surface area contributed by atoms with Crippen molar-refractivity contribution >= 4 is 16.9 Å². The summed E-state index contributed by atoms with van der Waals surface area (Å²) in [6, 6.07) is 3.37. The van der Waals surface area contributed by atoms with Gasteiger partial charge in [0.25, 0.3) is 0 Å². The van der Waals surface area contributed by atoms with Gasteiger partial charge in [0.15, 0.2) is 0 Å². The second kappa shape index (κ2) is 5.59. The van der Waals surface area contributed by atoms with Crippen molar-refractivity contribution in [2.45, 2.75) is 26.4 Å². The number of rotatable bonds is 4. The maximum Gasteiger partial charge on any atom is 0.244 e. The molecule has 0 saturated heterocycles. The van der Waals surface area contributed by atoms with E-state index in [1.54, 1.807) is 21.8 Å². The number of aromatic nitrogens is 5. The van der Waals surface area contributed by atoms with Crippen molar-refractivity contribution in [3.8, 4) is 0 Å². The fourth-order valence-electron chi connectivity index (χ4n) is 2.36. The highest BCUT2D eigenvalue weighted by Gasteiger charge is 2.18. The lowest BCUT2D eigenvalue weighted by molar-refractivity contribution is -0.124. The number of carbonyl (C=O) groups is 1. The van der Waals surface area contributed by atoms with Crippen LogP contribution in [-0.4, -0.2) is 30.5 Å². The number of aryl methyl sites for hydroxylation is 2. The molecule has 1 atom stereocenters. The van der Waals surface area contributed by atoms with Crippen LogP contribution in [0.5, 0.6) is 0 Å². The molecule has 0 aliphatic carbocycles. The van der Waals surface area contributed by atoms with Gasteiger partial charge >= 0.3 is 0 Å². The number of hydrogen-bond donors (Lipinski definition) is 1. The molecule has 0 fully saturated rings. The minimum absolute atomic E-state index is 0.0739. The Balaban J connectivity index is 1.73. The van der Waals surface area contributed by atoms with E-state index in [1.807, 2.05) is 39.2 Å². The van der Waals surface area contributed by atoms with Crippen LogP contribution in [0.1, 0.15) is 24.2 Å². The zero-order valence-electron chi connectivity index (χ0n) is 12.8. The highest BCUT2D eigenvalue weighted by molar-refractivity contribution is 5.81. The molecule has 3 aromatic heterocycles. The first-order valence-electron chi connectivity index (χ1n) is 7.11. The highest BCUT2D eigenvalue weighted by Crippen LogP contribution is 2.17. The molecular formula is C15H18N6O. The zero-order chi connectivity index (χ0) is 15.7. The van der Waals surface area contributed by atoms with E-state index in [1.165, 1.54) is 0 Å². The van der Waals surface area contributed by atoms with Crippen LogP contribution in [0, 0.1) is 6.92 Å². The molecule has 0 radical (unpaired) electrons. The van der Waals surface area contributed by atoms with E-state index in [4.69, 9.17) is 0 Å². The first kappa shape index (κ1) is 14.2. The summed E-state index contributed by atoms with van der Waals surface area (Å²) in [6.07, 6.45) is 5.27. The Morgan fingerprint density at radius 1 is 1.32 bits per heavy atom. The summed E-state index contributed by atoms with van der Waals surface area (Å²) in [5.74, 6) is -0.0739. The molecular weight excluding hydrogens is 280 g/mol. The summed E-state index contributed by atoms with van der Waals surface area (Å²) in [6.45, 7) is 4.22. The molecule has 3 heterocycles. The average molecular weight is 298 g/mol. The normalized spacial score (nSPS) is 12.5. The summed E-state index contributed by atoms with van der Waals surface area (Å²) >= 11 is 0. The van der Waals surface area contributed by atoms with Gasteiger partial charge in [-0.05, 0) is 31.5 Å². The van der Waals surface area contributed by atoms with Crippen LogP contribution < -0.4 is 5.32 Å². The third-order valence-electron chi connectivity index (χ3n) is 3.70. The fraction of sp³-hybridized carbons (Fsp3) is 0.333. The molecule has 1 N–H and O–H groups in total. The summed E-state index contributed by atoms with van der Waals surface area (Å²) in [4.78, 5) is 16.2. The Morgan fingerprint density at radius 2 is 2.05 bits per heavy atom. The van der Waals surface area contributed by atoms with Crippen LogP contribution in [0.4, 0.5) is 0 Å². The lowest BCUT2D eigenvalue weighted by atomic mass is 10.2. The van der Waals surface area contributed by atoms with E-state index in [0.717, 1.165) is 22.3 Å². The van der Waals surface area contributed by atoms with E-state index in [9.17, 15) is 4.79 Å². The summed E-state index contributed by atoms with van der Waals surface area (Å²) < 4.78 is 3.46. The van der Waals surface area contributed by atoms with Crippen molar-refractivity contribution in [2.24, 2.45) is 7.05 Å². The third kappa shape index (κ3) is 2.57. The molecule has 114 valence electrons. The maximum atomic E-state index is 12.3. The van der Waals surface area contributed by atoms with Crippen molar-refractivity contribution in [2.75, 3.05) is 0 Å². The highest BCUT2D eigenvalue weighted by atomic mass is 16.2. The molecule has 0 bridgehead atoms. The Bertz CT molecular complexity index is 770. The van der Waals surface area contributed by atoms with E-state index in [-0.39, 0.29) is 11.9 Å². The van der Waals surface area contributed by atoms with Crippen LogP contribution in [0.25, 0.3) is 11.0 Å². The topological polar surface area (TPSA) is 77.6 Å². The van der Waals surface area contributed by atoms with Crippen LogP contribution in [0.2, 0.25) is 0 Å². The summed E-state index contributed by atoms with van der Waals surface area (Å²) in [5, 5.41) is 11.7. The minimum atomic E-state index is -0.381. The number of fused-ring (bicyclic) bond motifs is 1. The van der Waals surface area contributed by atoms with E-state index >= 15 is 0 Å². The van der Waals surface area contributed by atoms with Gasteiger partial charge in [-0.1, -0.05) is 0 Å². The first-order valence-corrected chi connectivity index (χ1v) is 7.11. The van der Waals surface area contributed by atoms with Crippen LogP contribution in [0.15, 0.2) is 30.7 Å². The Hall–Kier alpha value is -2.70. The number of amides is 1. The molecule has 3 rings (SSSR count). The van der Waals surface area contributed by atoms with Crippen molar-refractivity contribution in [1.29, 1.82) is 0 Å². The average Bonchev–Trinajstić information content (AvgIpc) is 3.07. The third-order valence-corrected chi connectivity index (χ3v) is 3.70. The number of carbonyl (C=O) groups excluding carboxylic acids is 1. The van der Waals surface area contributed by atoms with Crippen molar-refractivity contribution in [3.63, 3.8) is 0 Å². The lowest BCUT2D eigenvalue weighted by Crippen LogP contribution is -2.30. The lowest BCUT2D eigenvalue weighted by Gasteiger charge is -2.12. The van der Waals surface area contributed by atoms with Gasteiger partial charge in [0.1, 0.15) is 17.1 Å². The van der Waals surface area contributed by atoms with Gasteiger partial charge in [-0.15, -0.1) is 0 Å². The largest absolute Gasteiger partial charge is 0.350 e. The quantitative estimate of drug-likeness (QED) is 0.788. The molecule has 0 aliphatic heterocycles. The number of pyridine rings is 1. The summed E-state index contributed by atoms with van der Waals surface area (Å²) in [7, 11) is 1.87. The second-order valence-electron chi connectivity index (χ2n) is 5.30. The Morgan fingerprint density at radius 3 is 2.73 bits per heavy atom. The monoisotopic (exact) mass is 298 g/mol. The first-order chi connectivity index (χ1) is 10.6. The second-order valence-corrected chi connectivity index (χ2v) is 5.30. The molecule has 0 saturated carbocycles. The van der Waals surface area contributed by atoms with Crippen LogP contribution in [-0.2, 0) is 18.4 Å². The molecule has 0 spiro atoms. The van der Waals surface area contributed by atoms with Gasteiger partial charge in [0.2, 0.25) is 5.91 Å². The molecule has 1 unspecified atom stereocenters. The predicted octanol–water partition coefficient (Wildman–Crippen LogP) is 1.35. The molecule has 22 heavy (non-hydrogen) atoms. The van der Waals surface area contributed by atoms with Gasteiger partial charge in [-0.3, -0.25) is 19.1 Å². The van der Waals surface area contributed by atoms with E-state index < -0.39 is 0 Å². The van der Waals surface area contributed by atoms with Gasteiger partial charge in [-0.2, -0.15) is 10.2 Å². The maximum absolute atomic E-state index is 12.3. The Kier molecular flexibility index (Phi) is 3.62. The van der Waals surface area contributed by atoms with Gasteiger partial charge < -0.3 is 5.32 Å². The number of nitrogens with one attached hydrogen (secondary N) is 1. The smallest absolute Gasteiger partial charge is 0.244 e. The molecule has 0 aliphatic rings. The van der Waals surface area contributed by atoms with Crippen LogP contribution >= 0.6 is 0 Å². The van der Waals surface area contributed by atoms with Crippen molar-refractivity contribution in [1.82, 2.24) is 29.9 Å². The van der Waals surface area contributed by atoms with E-state index in [0.29, 0.717) is 6.54 Å².